The minimum atomic E-state index is -0.841. The van der Waals surface area contributed by atoms with Gasteiger partial charge in [-0.2, -0.15) is 0 Å². The van der Waals surface area contributed by atoms with Crippen LogP contribution in [0.2, 0.25) is 0 Å². The highest BCUT2D eigenvalue weighted by Crippen LogP contribution is 2.20. The Balaban J connectivity index is 3.33. The summed E-state index contributed by atoms with van der Waals surface area (Å²) >= 11 is 0. The zero-order chi connectivity index (χ0) is 58.5. The maximum absolute atomic E-state index is 12.5. The van der Waals surface area contributed by atoms with Crippen molar-refractivity contribution in [2.75, 3.05) is 13.2 Å². The number of carbonyl (C=O) groups is 2. The van der Waals surface area contributed by atoms with Crippen LogP contribution in [0.15, 0.2) is 12.2 Å². The Morgan fingerprint density at radius 3 is 0.840 bits per heavy atom. The van der Waals surface area contributed by atoms with Gasteiger partial charge in [0.15, 0.2) is 0 Å². The van der Waals surface area contributed by atoms with Gasteiger partial charge in [-0.05, 0) is 32.1 Å². The average Bonchev–Trinajstić information content (AvgIpc) is 3.47. The lowest BCUT2D eigenvalue weighted by Gasteiger charge is -2.20. The molecule has 0 rings (SSSR count). The Bertz CT molecular complexity index is 1220. The van der Waals surface area contributed by atoms with Crippen LogP contribution in [0.3, 0.4) is 0 Å². The summed E-state index contributed by atoms with van der Waals surface area (Å²) in [6, 6.07) is -0.624. The fraction of sp³-hybridized carbons (Fsp3) is 0.947. The van der Waals surface area contributed by atoms with Crippen molar-refractivity contribution in [3.8, 4) is 0 Å². The maximum atomic E-state index is 12.5. The van der Waals surface area contributed by atoms with E-state index in [2.05, 4.69) is 19.2 Å². The molecule has 3 N–H and O–H groups in total. The second kappa shape index (κ2) is 71.1. The molecular formula is C75H147NO5. The van der Waals surface area contributed by atoms with Gasteiger partial charge < -0.3 is 20.3 Å². The summed E-state index contributed by atoms with van der Waals surface area (Å²) in [7, 11) is 0. The summed E-state index contributed by atoms with van der Waals surface area (Å²) in [6.45, 7) is 4.95. The first kappa shape index (κ1) is 79.6. The third kappa shape index (κ3) is 67.6. The molecule has 1 amide bonds. The van der Waals surface area contributed by atoms with Crippen LogP contribution in [-0.2, 0) is 14.3 Å². The second-order valence-corrected chi connectivity index (χ2v) is 26.0. The fourth-order valence-electron chi connectivity index (χ4n) is 12.1. The number of hydrogen-bond donors (Lipinski definition) is 3. The zero-order valence-corrected chi connectivity index (χ0v) is 55.3. The standard InChI is InChI=1S/C75H147NO5/c1-3-5-7-9-11-13-15-17-18-19-37-40-44-47-51-55-59-63-67-73(78)72(71-77)76-74(79)68-64-60-56-52-48-45-41-38-35-33-31-29-27-25-23-21-20-22-24-26-28-30-32-34-36-39-42-46-50-54-58-62-66-70-81-75(80)69-65-61-57-53-49-43-16-14-12-10-8-6-4-2/h63,67,72-73,77-78H,3-62,64-66,68-71H2,1-2H3,(H,76,79)/b67-63+. The summed E-state index contributed by atoms with van der Waals surface area (Å²) in [5.74, 6) is -0.0350. The summed E-state index contributed by atoms with van der Waals surface area (Å²) in [5.41, 5.74) is 0. The predicted molar refractivity (Wildman–Crippen MR) is 357 cm³/mol. The molecule has 0 bridgehead atoms. The van der Waals surface area contributed by atoms with Crippen molar-refractivity contribution in [2.45, 2.75) is 443 Å². The van der Waals surface area contributed by atoms with Crippen molar-refractivity contribution in [1.29, 1.82) is 0 Å². The van der Waals surface area contributed by atoms with E-state index in [1.165, 1.54) is 366 Å². The minimum absolute atomic E-state index is 0.0240. The van der Waals surface area contributed by atoms with Gasteiger partial charge in [0.05, 0.1) is 25.4 Å². The van der Waals surface area contributed by atoms with Crippen molar-refractivity contribution in [1.82, 2.24) is 5.32 Å². The molecule has 0 aliphatic carbocycles. The van der Waals surface area contributed by atoms with E-state index in [4.69, 9.17) is 4.74 Å². The number of esters is 1. The van der Waals surface area contributed by atoms with Gasteiger partial charge >= 0.3 is 5.97 Å². The largest absolute Gasteiger partial charge is 0.466 e. The highest BCUT2D eigenvalue weighted by molar-refractivity contribution is 5.76. The Kier molecular flexibility index (Phi) is 69.9. The van der Waals surface area contributed by atoms with E-state index in [0.29, 0.717) is 19.4 Å². The van der Waals surface area contributed by atoms with E-state index in [-0.39, 0.29) is 18.5 Å². The average molecular weight is 1140 g/mol. The van der Waals surface area contributed by atoms with Crippen LogP contribution >= 0.6 is 0 Å². The Labute approximate surface area is 508 Å². The second-order valence-electron chi connectivity index (χ2n) is 26.0. The molecule has 0 aliphatic rings. The molecule has 0 heterocycles. The number of aliphatic hydroxyl groups excluding tert-OH is 2. The van der Waals surface area contributed by atoms with Crippen LogP contribution in [0.5, 0.6) is 0 Å². The smallest absolute Gasteiger partial charge is 0.305 e. The molecule has 0 fully saturated rings. The van der Waals surface area contributed by atoms with Gasteiger partial charge in [-0.3, -0.25) is 9.59 Å². The Morgan fingerprint density at radius 2 is 0.568 bits per heavy atom. The first-order valence-corrected chi connectivity index (χ1v) is 37.5. The van der Waals surface area contributed by atoms with E-state index < -0.39 is 12.1 Å². The summed E-state index contributed by atoms with van der Waals surface area (Å²) < 4.78 is 5.49. The van der Waals surface area contributed by atoms with Gasteiger partial charge in [0, 0.05) is 12.8 Å². The van der Waals surface area contributed by atoms with Gasteiger partial charge in [0.2, 0.25) is 5.91 Å². The lowest BCUT2D eigenvalue weighted by Crippen LogP contribution is -2.45. The predicted octanol–water partition coefficient (Wildman–Crippen LogP) is 24.3. The maximum Gasteiger partial charge on any atom is 0.305 e. The van der Waals surface area contributed by atoms with Crippen LogP contribution in [0, 0.1) is 0 Å². The number of aliphatic hydroxyl groups is 2. The molecule has 0 aromatic carbocycles. The molecule has 482 valence electrons. The van der Waals surface area contributed by atoms with Gasteiger partial charge in [0.25, 0.3) is 0 Å². The highest BCUT2D eigenvalue weighted by Gasteiger charge is 2.18. The van der Waals surface area contributed by atoms with Gasteiger partial charge in [0.1, 0.15) is 0 Å². The van der Waals surface area contributed by atoms with Gasteiger partial charge in [-0.1, -0.05) is 398 Å². The molecule has 81 heavy (non-hydrogen) atoms. The molecule has 0 aromatic heterocycles. The lowest BCUT2D eigenvalue weighted by atomic mass is 10.0. The van der Waals surface area contributed by atoms with Crippen LogP contribution < -0.4 is 5.32 Å². The quantitative estimate of drug-likeness (QED) is 0.0320. The molecular weight excluding hydrogens is 995 g/mol. The molecule has 6 nitrogen and oxygen atoms in total. The van der Waals surface area contributed by atoms with Crippen molar-refractivity contribution in [3.63, 3.8) is 0 Å². The van der Waals surface area contributed by atoms with Crippen molar-refractivity contribution < 1.29 is 24.5 Å². The molecule has 2 unspecified atom stereocenters. The first-order chi connectivity index (χ1) is 40.0. The van der Waals surface area contributed by atoms with Crippen molar-refractivity contribution in [2.24, 2.45) is 0 Å². The number of ether oxygens (including phenoxy) is 1. The Morgan fingerprint density at radius 1 is 0.333 bits per heavy atom. The number of amides is 1. The monoisotopic (exact) mass is 1140 g/mol. The number of nitrogens with one attached hydrogen (secondary N) is 1. The van der Waals surface area contributed by atoms with E-state index >= 15 is 0 Å². The SMILES string of the molecule is CCCCCCCCCCCCCCCCCC/C=C/C(O)C(CO)NC(=O)CCCCCCCCCCCCCCCCCCCCCCCCCCCCCCCCCCCOC(=O)CCCCCCCCCCCCCCC. The molecule has 2 atom stereocenters. The fourth-order valence-corrected chi connectivity index (χ4v) is 12.1. The summed E-state index contributed by atoms with van der Waals surface area (Å²) in [4.78, 5) is 24.6. The third-order valence-electron chi connectivity index (χ3n) is 17.8. The van der Waals surface area contributed by atoms with Gasteiger partial charge in [-0.25, -0.2) is 0 Å². The van der Waals surface area contributed by atoms with Crippen LogP contribution in [0.4, 0.5) is 0 Å². The third-order valence-corrected chi connectivity index (χ3v) is 17.8. The minimum Gasteiger partial charge on any atom is -0.466 e. The van der Waals surface area contributed by atoms with Crippen LogP contribution in [-0.4, -0.2) is 47.4 Å². The van der Waals surface area contributed by atoms with Crippen molar-refractivity contribution in [3.05, 3.63) is 12.2 Å². The number of allylic oxidation sites excluding steroid dienone is 1. The number of rotatable bonds is 71. The normalized spacial score (nSPS) is 12.5. The number of unbranched alkanes of at least 4 members (excludes halogenated alkanes) is 60. The van der Waals surface area contributed by atoms with Gasteiger partial charge in [-0.15, -0.1) is 0 Å². The van der Waals surface area contributed by atoms with Crippen LogP contribution in [0.1, 0.15) is 431 Å². The van der Waals surface area contributed by atoms with E-state index in [1.54, 1.807) is 6.08 Å². The molecule has 0 saturated carbocycles. The summed E-state index contributed by atoms with van der Waals surface area (Å²) in [5, 5.41) is 23.2. The number of carbonyl (C=O) groups excluding carboxylic acids is 2. The number of hydrogen-bond acceptors (Lipinski definition) is 5. The van der Waals surface area contributed by atoms with E-state index in [9.17, 15) is 19.8 Å². The molecule has 0 aromatic rings. The first-order valence-electron chi connectivity index (χ1n) is 37.5. The lowest BCUT2D eigenvalue weighted by molar-refractivity contribution is -0.143. The topological polar surface area (TPSA) is 95.9 Å². The molecule has 0 saturated heterocycles. The van der Waals surface area contributed by atoms with E-state index in [1.807, 2.05) is 6.08 Å². The summed E-state index contributed by atoms with van der Waals surface area (Å²) in [6.07, 6.45) is 88.9. The van der Waals surface area contributed by atoms with Crippen LogP contribution in [0.25, 0.3) is 0 Å². The highest BCUT2D eigenvalue weighted by atomic mass is 16.5. The zero-order valence-electron chi connectivity index (χ0n) is 55.3. The Hall–Kier alpha value is -1.40. The van der Waals surface area contributed by atoms with Crippen molar-refractivity contribution >= 4 is 11.9 Å². The molecule has 0 spiro atoms. The molecule has 0 aliphatic heterocycles. The van der Waals surface area contributed by atoms with E-state index in [0.717, 1.165) is 38.5 Å². The molecule has 6 heteroatoms. The molecule has 0 radical (unpaired) electrons.